The van der Waals surface area contributed by atoms with E-state index in [1.807, 2.05) is 18.2 Å². The standard InChI is InChI=1S/C19H21NO3/c1-14(2)16-6-4-5-7-17(16)22-10-11-23-18-9-8-15(13-20)12-19(18)21-3/h4-9,12,14H,10-11H2,1-3H3. The smallest absolute Gasteiger partial charge is 0.162 e. The van der Waals surface area contributed by atoms with Gasteiger partial charge >= 0.3 is 0 Å². The van der Waals surface area contributed by atoms with Crippen LogP contribution < -0.4 is 14.2 Å². The summed E-state index contributed by atoms with van der Waals surface area (Å²) in [5.41, 5.74) is 1.72. The second kappa shape index (κ2) is 8.09. The van der Waals surface area contributed by atoms with Crippen LogP contribution in [0.2, 0.25) is 0 Å². The van der Waals surface area contributed by atoms with Crippen molar-refractivity contribution in [2.75, 3.05) is 20.3 Å². The Morgan fingerprint density at radius 3 is 2.30 bits per heavy atom. The van der Waals surface area contributed by atoms with Gasteiger partial charge in [0.05, 0.1) is 18.7 Å². The molecule has 0 aliphatic carbocycles. The number of hydrogen-bond donors (Lipinski definition) is 0. The molecule has 23 heavy (non-hydrogen) atoms. The minimum atomic E-state index is 0.398. The number of para-hydroxylation sites is 1. The molecule has 0 bridgehead atoms. The monoisotopic (exact) mass is 311 g/mol. The molecule has 0 saturated carbocycles. The molecular formula is C19H21NO3. The second-order valence-corrected chi connectivity index (χ2v) is 5.37. The highest BCUT2D eigenvalue weighted by Crippen LogP contribution is 2.28. The van der Waals surface area contributed by atoms with Crippen molar-refractivity contribution in [3.05, 3.63) is 53.6 Å². The molecule has 0 aliphatic heterocycles. The summed E-state index contributed by atoms with van der Waals surface area (Å²) >= 11 is 0. The molecule has 0 aromatic heterocycles. The molecule has 0 N–H and O–H groups in total. The zero-order valence-electron chi connectivity index (χ0n) is 13.7. The third kappa shape index (κ3) is 4.40. The van der Waals surface area contributed by atoms with Gasteiger partial charge < -0.3 is 14.2 Å². The average molecular weight is 311 g/mol. The third-order valence-corrected chi connectivity index (χ3v) is 3.43. The van der Waals surface area contributed by atoms with Crippen molar-refractivity contribution in [3.8, 4) is 23.3 Å². The van der Waals surface area contributed by atoms with Crippen molar-refractivity contribution in [2.45, 2.75) is 19.8 Å². The van der Waals surface area contributed by atoms with Crippen LogP contribution in [0.1, 0.15) is 30.9 Å². The Morgan fingerprint density at radius 1 is 0.957 bits per heavy atom. The molecule has 4 nitrogen and oxygen atoms in total. The molecule has 0 spiro atoms. The van der Waals surface area contributed by atoms with Crippen molar-refractivity contribution in [1.29, 1.82) is 5.26 Å². The van der Waals surface area contributed by atoms with Gasteiger partial charge in [-0.05, 0) is 29.7 Å². The summed E-state index contributed by atoms with van der Waals surface area (Å²) in [5, 5.41) is 8.89. The Bertz CT molecular complexity index is 689. The number of benzene rings is 2. The number of hydrogen-bond acceptors (Lipinski definition) is 4. The molecule has 0 fully saturated rings. The van der Waals surface area contributed by atoms with Crippen LogP contribution in [-0.2, 0) is 0 Å². The molecule has 2 aromatic rings. The number of rotatable bonds is 7. The van der Waals surface area contributed by atoms with Gasteiger partial charge in [0.2, 0.25) is 0 Å². The predicted molar refractivity (Wildman–Crippen MR) is 89.2 cm³/mol. The predicted octanol–water partition coefficient (Wildman–Crippen LogP) is 4.15. The van der Waals surface area contributed by atoms with Gasteiger partial charge in [-0.25, -0.2) is 0 Å². The summed E-state index contributed by atoms with van der Waals surface area (Å²) in [4.78, 5) is 0. The van der Waals surface area contributed by atoms with Crippen molar-refractivity contribution in [2.24, 2.45) is 0 Å². The van der Waals surface area contributed by atoms with Gasteiger partial charge in [0, 0.05) is 6.07 Å². The van der Waals surface area contributed by atoms with Crippen LogP contribution in [0, 0.1) is 11.3 Å². The molecule has 0 heterocycles. The SMILES string of the molecule is COc1cc(C#N)ccc1OCCOc1ccccc1C(C)C. The molecule has 0 atom stereocenters. The van der Waals surface area contributed by atoms with E-state index in [2.05, 4.69) is 26.0 Å². The normalized spacial score (nSPS) is 10.2. The maximum Gasteiger partial charge on any atom is 0.162 e. The van der Waals surface area contributed by atoms with Crippen molar-refractivity contribution in [1.82, 2.24) is 0 Å². The van der Waals surface area contributed by atoms with E-state index in [1.165, 1.54) is 5.56 Å². The maximum atomic E-state index is 8.89. The van der Waals surface area contributed by atoms with E-state index in [9.17, 15) is 0 Å². The van der Waals surface area contributed by atoms with Crippen molar-refractivity contribution >= 4 is 0 Å². The Morgan fingerprint density at radius 2 is 1.65 bits per heavy atom. The van der Waals surface area contributed by atoms with E-state index >= 15 is 0 Å². The van der Waals surface area contributed by atoms with Gasteiger partial charge in [0.25, 0.3) is 0 Å². The molecule has 2 rings (SSSR count). The van der Waals surface area contributed by atoms with Crippen LogP contribution in [0.5, 0.6) is 17.2 Å². The van der Waals surface area contributed by atoms with Gasteiger partial charge in [-0.1, -0.05) is 32.0 Å². The summed E-state index contributed by atoms with van der Waals surface area (Å²) in [6.07, 6.45) is 0. The van der Waals surface area contributed by atoms with Crippen molar-refractivity contribution < 1.29 is 14.2 Å². The topological polar surface area (TPSA) is 51.5 Å². The number of methoxy groups -OCH3 is 1. The number of ether oxygens (including phenoxy) is 3. The fourth-order valence-corrected chi connectivity index (χ4v) is 2.25. The fraction of sp³-hybridized carbons (Fsp3) is 0.316. The van der Waals surface area contributed by atoms with E-state index in [1.54, 1.807) is 25.3 Å². The molecule has 0 saturated heterocycles. The third-order valence-electron chi connectivity index (χ3n) is 3.43. The van der Waals surface area contributed by atoms with Crippen LogP contribution in [0.25, 0.3) is 0 Å². The number of nitrogens with zero attached hydrogens (tertiary/aromatic N) is 1. The summed E-state index contributed by atoms with van der Waals surface area (Å²) in [5.74, 6) is 2.45. The summed E-state index contributed by atoms with van der Waals surface area (Å²) in [7, 11) is 1.55. The van der Waals surface area contributed by atoms with Gasteiger partial charge in [0.1, 0.15) is 19.0 Å². The minimum Gasteiger partial charge on any atom is -0.493 e. The largest absolute Gasteiger partial charge is 0.493 e. The first-order valence-corrected chi connectivity index (χ1v) is 7.58. The first-order valence-electron chi connectivity index (χ1n) is 7.58. The van der Waals surface area contributed by atoms with E-state index in [-0.39, 0.29) is 0 Å². The molecule has 2 aromatic carbocycles. The lowest BCUT2D eigenvalue weighted by Crippen LogP contribution is -2.10. The molecular weight excluding hydrogens is 290 g/mol. The van der Waals surface area contributed by atoms with Gasteiger partial charge in [0.15, 0.2) is 11.5 Å². The second-order valence-electron chi connectivity index (χ2n) is 5.37. The lowest BCUT2D eigenvalue weighted by atomic mass is 10.0. The van der Waals surface area contributed by atoms with E-state index < -0.39 is 0 Å². The van der Waals surface area contributed by atoms with Gasteiger partial charge in [-0.15, -0.1) is 0 Å². The Kier molecular flexibility index (Phi) is 5.87. The highest BCUT2D eigenvalue weighted by Gasteiger charge is 2.08. The van der Waals surface area contributed by atoms with Crippen molar-refractivity contribution in [3.63, 3.8) is 0 Å². The molecule has 4 heteroatoms. The molecule has 120 valence electrons. The zero-order valence-corrected chi connectivity index (χ0v) is 13.7. The highest BCUT2D eigenvalue weighted by molar-refractivity contribution is 5.46. The summed E-state index contributed by atoms with van der Waals surface area (Å²) in [6.45, 7) is 5.11. The first-order chi connectivity index (χ1) is 11.2. The number of nitriles is 1. The first kappa shape index (κ1) is 16.7. The molecule has 0 radical (unpaired) electrons. The van der Waals surface area contributed by atoms with Crippen LogP contribution in [0.4, 0.5) is 0 Å². The molecule has 0 aliphatic rings. The lowest BCUT2D eigenvalue weighted by molar-refractivity contribution is 0.210. The Labute approximate surface area is 137 Å². The summed E-state index contributed by atoms with van der Waals surface area (Å²) in [6, 6.07) is 15.2. The summed E-state index contributed by atoms with van der Waals surface area (Å²) < 4.78 is 16.7. The quantitative estimate of drug-likeness (QED) is 0.721. The van der Waals surface area contributed by atoms with Crippen LogP contribution >= 0.6 is 0 Å². The average Bonchev–Trinajstić information content (AvgIpc) is 2.58. The van der Waals surface area contributed by atoms with Crippen LogP contribution in [0.3, 0.4) is 0 Å². The van der Waals surface area contributed by atoms with E-state index in [4.69, 9.17) is 19.5 Å². The molecule has 0 unspecified atom stereocenters. The van der Waals surface area contributed by atoms with E-state index in [0.29, 0.717) is 36.2 Å². The highest BCUT2D eigenvalue weighted by atomic mass is 16.5. The zero-order chi connectivity index (χ0) is 16.7. The fourth-order valence-electron chi connectivity index (χ4n) is 2.25. The van der Waals surface area contributed by atoms with Crippen LogP contribution in [0.15, 0.2) is 42.5 Å². The molecule has 0 amide bonds. The van der Waals surface area contributed by atoms with Gasteiger partial charge in [-0.2, -0.15) is 5.26 Å². The van der Waals surface area contributed by atoms with E-state index in [0.717, 1.165) is 5.75 Å². The minimum absolute atomic E-state index is 0.398. The van der Waals surface area contributed by atoms with Crippen LogP contribution in [-0.4, -0.2) is 20.3 Å². The Hall–Kier alpha value is -2.67. The van der Waals surface area contributed by atoms with Gasteiger partial charge in [-0.3, -0.25) is 0 Å². The maximum absolute atomic E-state index is 8.89. The lowest BCUT2D eigenvalue weighted by Gasteiger charge is -2.15. The Balaban J connectivity index is 1.93.